The highest BCUT2D eigenvalue weighted by molar-refractivity contribution is 5.82. The van der Waals surface area contributed by atoms with Gasteiger partial charge in [0.05, 0.1) is 36.6 Å². The number of ether oxygens (including phenoxy) is 5. The van der Waals surface area contributed by atoms with Crippen molar-refractivity contribution in [3.63, 3.8) is 0 Å². The summed E-state index contributed by atoms with van der Waals surface area (Å²) in [7, 11) is 0. The van der Waals surface area contributed by atoms with Crippen LogP contribution in [-0.2, 0) is 33.3 Å². The SMILES string of the molecule is CC(=O)O[C@H](C)[C@H](C)CO[C@@H]1[C@@H]2OC(=O)[C@]3(C)[C@H]1C[C@@]14C2=CO[C@@H](OCCC(C)(C)O)C1C[C@@H](O)[C@@H]34. The minimum atomic E-state index is -0.884. The zero-order valence-electron chi connectivity index (χ0n) is 22.1. The molecule has 11 atom stereocenters. The Kier molecular flexibility index (Phi) is 6.26. The summed E-state index contributed by atoms with van der Waals surface area (Å²) >= 11 is 0. The van der Waals surface area contributed by atoms with E-state index in [2.05, 4.69) is 0 Å². The van der Waals surface area contributed by atoms with Crippen molar-refractivity contribution in [1.82, 2.24) is 0 Å². The number of hydrogen-bond donors (Lipinski definition) is 2. The second-order valence-corrected chi connectivity index (χ2v) is 12.4. The van der Waals surface area contributed by atoms with E-state index in [0.717, 1.165) is 5.57 Å². The van der Waals surface area contributed by atoms with Crippen LogP contribution < -0.4 is 0 Å². The number of hydrogen-bond acceptors (Lipinski definition) is 9. The highest BCUT2D eigenvalue weighted by Gasteiger charge is 2.81. The maximum Gasteiger partial charge on any atom is 0.313 e. The summed E-state index contributed by atoms with van der Waals surface area (Å²) in [6.07, 6.45) is 0.809. The van der Waals surface area contributed by atoms with E-state index >= 15 is 0 Å². The lowest BCUT2D eigenvalue weighted by atomic mass is 9.61. The first kappa shape index (κ1) is 25.9. The molecule has 1 spiro atoms. The lowest BCUT2D eigenvalue weighted by Crippen LogP contribution is -2.58. The van der Waals surface area contributed by atoms with Crippen LogP contribution in [0.25, 0.3) is 0 Å². The minimum Gasteiger partial charge on any atom is -0.472 e. The average molecular weight is 509 g/mol. The van der Waals surface area contributed by atoms with Crippen molar-refractivity contribution in [2.24, 2.45) is 34.5 Å². The molecule has 9 heteroatoms. The van der Waals surface area contributed by atoms with E-state index in [1.54, 1.807) is 20.1 Å². The second-order valence-electron chi connectivity index (χ2n) is 12.4. The monoisotopic (exact) mass is 508 g/mol. The molecule has 0 aromatic heterocycles. The fourth-order valence-electron chi connectivity index (χ4n) is 7.80. The maximum atomic E-state index is 13.4. The molecule has 9 nitrogen and oxygen atoms in total. The van der Waals surface area contributed by atoms with Gasteiger partial charge in [0.15, 0.2) is 6.10 Å². The highest BCUT2D eigenvalue weighted by atomic mass is 16.7. The van der Waals surface area contributed by atoms with Crippen molar-refractivity contribution in [1.29, 1.82) is 0 Å². The van der Waals surface area contributed by atoms with Crippen LogP contribution >= 0.6 is 0 Å². The fourth-order valence-corrected chi connectivity index (χ4v) is 7.80. The van der Waals surface area contributed by atoms with Crippen LogP contribution in [0.1, 0.15) is 60.8 Å². The molecule has 5 rings (SSSR count). The Labute approximate surface area is 212 Å². The Morgan fingerprint density at radius 1 is 1.28 bits per heavy atom. The van der Waals surface area contributed by atoms with Gasteiger partial charge in [-0.3, -0.25) is 9.59 Å². The number of carbonyl (C=O) groups excluding carboxylic acids is 2. The Bertz CT molecular complexity index is 940. The van der Waals surface area contributed by atoms with Gasteiger partial charge in [-0.25, -0.2) is 0 Å². The van der Waals surface area contributed by atoms with Crippen LogP contribution in [0.4, 0.5) is 0 Å². The Hall–Kier alpha value is -1.68. The third kappa shape index (κ3) is 3.72. The zero-order valence-corrected chi connectivity index (χ0v) is 22.1. The lowest BCUT2D eigenvalue weighted by Gasteiger charge is -2.51. The van der Waals surface area contributed by atoms with E-state index in [9.17, 15) is 19.8 Å². The van der Waals surface area contributed by atoms with Crippen LogP contribution in [0.5, 0.6) is 0 Å². The number of carbonyl (C=O) groups is 2. The molecule has 2 aliphatic heterocycles. The van der Waals surface area contributed by atoms with Crippen LogP contribution in [0, 0.1) is 34.5 Å². The molecule has 1 unspecified atom stereocenters. The summed E-state index contributed by atoms with van der Waals surface area (Å²) in [5.41, 5.74) is -1.31. The van der Waals surface area contributed by atoms with Gasteiger partial charge in [-0.1, -0.05) is 6.92 Å². The van der Waals surface area contributed by atoms with Crippen molar-refractivity contribution in [3.8, 4) is 0 Å². The summed E-state index contributed by atoms with van der Waals surface area (Å²) < 4.78 is 30.0. The maximum absolute atomic E-state index is 13.4. The van der Waals surface area contributed by atoms with Crippen molar-refractivity contribution < 1.29 is 43.5 Å². The first-order valence-electron chi connectivity index (χ1n) is 13.2. The molecular formula is C27H40O9. The fraction of sp³-hybridized carbons (Fsp3) is 0.852. The van der Waals surface area contributed by atoms with Gasteiger partial charge >= 0.3 is 11.9 Å². The van der Waals surface area contributed by atoms with Crippen molar-refractivity contribution in [2.75, 3.05) is 13.2 Å². The predicted molar refractivity (Wildman–Crippen MR) is 126 cm³/mol. The summed E-state index contributed by atoms with van der Waals surface area (Å²) in [6, 6.07) is 0. The van der Waals surface area contributed by atoms with Gasteiger partial charge in [0.25, 0.3) is 0 Å². The van der Waals surface area contributed by atoms with E-state index in [-0.39, 0.29) is 47.8 Å². The van der Waals surface area contributed by atoms with Gasteiger partial charge in [0.2, 0.25) is 6.29 Å². The normalized spacial score (nSPS) is 43.8. The van der Waals surface area contributed by atoms with E-state index in [4.69, 9.17) is 23.7 Å². The van der Waals surface area contributed by atoms with Crippen LogP contribution in [0.15, 0.2) is 11.8 Å². The highest BCUT2D eigenvalue weighted by Crippen LogP contribution is 2.77. The molecule has 1 saturated heterocycles. The Morgan fingerprint density at radius 2 is 2.00 bits per heavy atom. The molecule has 3 saturated carbocycles. The molecule has 3 bridgehead atoms. The van der Waals surface area contributed by atoms with Gasteiger partial charge in [0, 0.05) is 41.6 Å². The van der Waals surface area contributed by atoms with E-state index in [1.165, 1.54) is 6.92 Å². The minimum absolute atomic E-state index is 0.0452. The molecule has 0 amide bonds. The summed E-state index contributed by atoms with van der Waals surface area (Å²) in [4.78, 5) is 24.8. The molecule has 202 valence electrons. The molecule has 2 heterocycles. The van der Waals surface area contributed by atoms with Gasteiger partial charge in [-0.15, -0.1) is 0 Å². The van der Waals surface area contributed by atoms with E-state index in [1.807, 2.05) is 20.8 Å². The predicted octanol–water partition coefficient (Wildman–Crippen LogP) is 2.33. The smallest absolute Gasteiger partial charge is 0.313 e. The molecule has 4 fully saturated rings. The largest absolute Gasteiger partial charge is 0.472 e. The first-order chi connectivity index (χ1) is 16.8. The van der Waals surface area contributed by atoms with E-state index in [0.29, 0.717) is 32.5 Å². The quantitative estimate of drug-likeness (QED) is 0.452. The number of fused-ring (bicyclic) bond motifs is 3. The van der Waals surface area contributed by atoms with Crippen LogP contribution in [0.3, 0.4) is 0 Å². The standard InChI is InChI=1S/C27H40O9/c1-13(14(2)35-15(3)28)11-33-20-17-10-27-16-9-19(29)22(27)26(17,6)24(30)36-21(20)18(27)12-34-23(16)32-8-7-25(4,5)31/h12-14,16-17,19-23,29,31H,7-11H2,1-6H3/t13-,14-,16?,17+,19-,20+,21-,22+,23-,26-,27+/m1/s1. The van der Waals surface area contributed by atoms with Gasteiger partial charge in [0.1, 0.15) is 12.2 Å². The van der Waals surface area contributed by atoms with Crippen molar-refractivity contribution >= 4 is 11.9 Å². The van der Waals surface area contributed by atoms with Gasteiger partial charge in [-0.05, 0) is 47.0 Å². The number of aliphatic hydroxyl groups excluding tert-OH is 1. The first-order valence-corrected chi connectivity index (χ1v) is 13.2. The number of rotatable bonds is 9. The molecule has 0 aromatic rings. The third-order valence-electron chi connectivity index (χ3n) is 9.64. The molecule has 2 N–H and O–H groups in total. The molecule has 5 aliphatic rings. The molecule has 0 radical (unpaired) electrons. The summed E-state index contributed by atoms with van der Waals surface area (Å²) in [6.45, 7) is 11.3. The number of aliphatic hydroxyl groups is 2. The third-order valence-corrected chi connectivity index (χ3v) is 9.64. The van der Waals surface area contributed by atoms with Gasteiger partial charge in [-0.2, -0.15) is 0 Å². The summed E-state index contributed by atoms with van der Waals surface area (Å²) in [5.74, 6) is -1.20. The van der Waals surface area contributed by atoms with Gasteiger partial charge < -0.3 is 33.9 Å². The van der Waals surface area contributed by atoms with Crippen LogP contribution in [-0.4, -0.2) is 71.7 Å². The van der Waals surface area contributed by atoms with E-state index < -0.39 is 34.9 Å². The molecule has 3 aliphatic carbocycles. The van der Waals surface area contributed by atoms with Crippen LogP contribution in [0.2, 0.25) is 0 Å². The lowest BCUT2D eigenvalue weighted by molar-refractivity contribution is -0.212. The number of esters is 2. The average Bonchev–Trinajstić information content (AvgIpc) is 3.17. The van der Waals surface area contributed by atoms with Crippen molar-refractivity contribution in [2.45, 2.75) is 97.1 Å². The topological polar surface area (TPSA) is 121 Å². The zero-order chi connectivity index (χ0) is 26.2. The second kappa shape index (κ2) is 8.68. The Morgan fingerprint density at radius 3 is 2.67 bits per heavy atom. The van der Waals surface area contributed by atoms with Crippen molar-refractivity contribution in [3.05, 3.63) is 11.8 Å². The summed E-state index contributed by atoms with van der Waals surface area (Å²) in [5, 5.41) is 21.4. The molecule has 0 aromatic carbocycles. The molecular weight excluding hydrogens is 468 g/mol. The molecule has 36 heavy (non-hydrogen) atoms. The Balaban J connectivity index is 1.42.